The van der Waals surface area contributed by atoms with Crippen LogP contribution in [-0.2, 0) is 11.2 Å². The summed E-state index contributed by atoms with van der Waals surface area (Å²) >= 11 is 1.15. The fraction of sp³-hybridized carbons (Fsp3) is 0.273. The van der Waals surface area contributed by atoms with Gasteiger partial charge in [0, 0.05) is 12.2 Å². The molecular weight excluding hydrogens is 419 g/mol. The normalized spacial score (nSPS) is 15.7. The van der Waals surface area contributed by atoms with Crippen LogP contribution in [0.3, 0.4) is 0 Å². The zero-order chi connectivity index (χ0) is 21.8. The standard InChI is InChI=1S/C22H21FN4O3S/c1-30-17-8-2-5-14(11-17)12-19(28)27-10-4-9-18(27)21-25-26-22(31-21)20(29)24-16-7-3-6-15(23)13-16/h2-3,5-8,11,13,18H,4,9-10,12H2,1H3,(H,24,29)/t18-/m1/s1. The number of hydrogen-bond donors (Lipinski definition) is 1. The minimum absolute atomic E-state index is 0.00304. The summed E-state index contributed by atoms with van der Waals surface area (Å²) in [6.07, 6.45) is 1.89. The van der Waals surface area contributed by atoms with Gasteiger partial charge in [-0.15, -0.1) is 10.2 Å². The molecule has 7 nitrogen and oxygen atoms in total. The predicted octanol–water partition coefficient (Wildman–Crippen LogP) is 3.84. The van der Waals surface area contributed by atoms with Gasteiger partial charge >= 0.3 is 0 Å². The van der Waals surface area contributed by atoms with Crippen LogP contribution in [0.5, 0.6) is 5.75 Å². The second kappa shape index (κ2) is 9.22. The van der Waals surface area contributed by atoms with Gasteiger partial charge < -0.3 is 15.0 Å². The average Bonchev–Trinajstić information content (AvgIpc) is 3.43. The van der Waals surface area contributed by atoms with E-state index in [4.69, 9.17) is 4.74 Å². The number of carbonyl (C=O) groups excluding carboxylic acids is 2. The number of rotatable bonds is 6. The molecule has 0 radical (unpaired) electrons. The van der Waals surface area contributed by atoms with Gasteiger partial charge in [-0.1, -0.05) is 29.5 Å². The number of aromatic nitrogens is 2. The SMILES string of the molecule is COc1cccc(CC(=O)N2CCC[C@@H]2c2nnc(C(=O)Nc3cccc(F)c3)s2)c1. The Morgan fingerprint density at radius 2 is 2.06 bits per heavy atom. The lowest BCUT2D eigenvalue weighted by molar-refractivity contribution is -0.131. The summed E-state index contributed by atoms with van der Waals surface area (Å²) < 4.78 is 18.6. The third kappa shape index (κ3) is 4.88. The summed E-state index contributed by atoms with van der Waals surface area (Å²) in [5.74, 6) is -0.188. The highest BCUT2D eigenvalue weighted by molar-refractivity contribution is 7.13. The molecule has 2 aromatic carbocycles. The topological polar surface area (TPSA) is 84.4 Å². The molecule has 0 aliphatic carbocycles. The Labute approximate surface area is 182 Å². The van der Waals surface area contributed by atoms with Crippen LogP contribution in [0.4, 0.5) is 10.1 Å². The average molecular weight is 441 g/mol. The Balaban J connectivity index is 1.44. The van der Waals surface area contributed by atoms with Gasteiger partial charge in [0.05, 0.1) is 19.6 Å². The van der Waals surface area contributed by atoms with Gasteiger partial charge in [-0.05, 0) is 48.7 Å². The number of carbonyl (C=O) groups is 2. The number of halogens is 1. The van der Waals surface area contributed by atoms with E-state index in [0.717, 1.165) is 29.7 Å². The van der Waals surface area contributed by atoms with Gasteiger partial charge in [-0.3, -0.25) is 9.59 Å². The van der Waals surface area contributed by atoms with Crippen molar-refractivity contribution in [2.45, 2.75) is 25.3 Å². The van der Waals surface area contributed by atoms with E-state index in [1.807, 2.05) is 24.3 Å². The molecule has 9 heteroatoms. The minimum atomic E-state index is -0.457. The van der Waals surface area contributed by atoms with Crippen LogP contribution in [-0.4, -0.2) is 40.6 Å². The monoisotopic (exact) mass is 440 g/mol. The van der Waals surface area contributed by atoms with Crippen molar-refractivity contribution in [1.29, 1.82) is 0 Å². The van der Waals surface area contributed by atoms with Crippen LogP contribution in [0, 0.1) is 5.82 Å². The zero-order valence-corrected chi connectivity index (χ0v) is 17.7. The first-order valence-corrected chi connectivity index (χ1v) is 10.7. The van der Waals surface area contributed by atoms with Crippen molar-refractivity contribution in [2.24, 2.45) is 0 Å². The number of ether oxygens (including phenoxy) is 1. The molecule has 0 unspecified atom stereocenters. The molecule has 1 saturated heterocycles. The maximum absolute atomic E-state index is 13.3. The fourth-order valence-electron chi connectivity index (χ4n) is 3.59. The molecule has 1 aliphatic heterocycles. The van der Waals surface area contributed by atoms with Gasteiger partial charge in [0.15, 0.2) is 0 Å². The Morgan fingerprint density at radius 3 is 2.87 bits per heavy atom. The molecule has 0 bridgehead atoms. The highest BCUT2D eigenvalue weighted by Gasteiger charge is 2.33. The van der Waals surface area contributed by atoms with Gasteiger partial charge in [0.1, 0.15) is 16.6 Å². The second-order valence-electron chi connectivity index (χ2n) is 7.18. The fourth-order valence-corrected chi connectivity index (χ4v) is 4.48. The molecule has 1 aliphatic rings. The maximum Gasteiger partial charge on any atom is 0.286 e. The summed E-state index contributed by atoms with van der Waals surface area (Å²) in [7, 11) is 1.59. The van der Waals surface area contributed by atoms with Crippen LogP contribution in [0.15, 0.2) is 48.5 Å². The number of nitrogens with zero attached hydrogens (tertiary/aromatic N) is 3. The largest absolute Gasteiger partial charge is 0.497 e. The highest BCUT2D eigenvalue weighted by atomic mass is 32.1. The van der Waals surface area contributed by atoms with E-state index in [0.29, 0.717) is 23.0 Å². The third-order valence-electron chi connectivity index (χ3n) is 5.07. The number of hydrogen-bond acceptors (Lipinski definition) is 6. The van der Waals surface area contributed by atoms with Crippen molar-refractivity contribution >= 4 is 28.8 Å². The minimum Gasteiger partial charge on any atom is -0.497 e. The van der Waals surface area contributed by atoms with Crippen LogP contribution in [0.1, 0.15) is 39.3 Å². The number of likely N-dealkylation sites (tertiary alicyclic amines) is 1. The molecule has 2 heterocycles. The zero-order valence-electron chi connectivity index (χ0n) is 16.9. The van der Waals surface area contributed by atoms with Gasteiger partial charge in [0.2, 0.25) is 10.9 Å². The number of nitrogens with one attached hydrogen (secondary N) is 1. The van der Waals surface area contributed by atoms with Gasteiger partial charge in [0.25, 0.3) is 5.91 Å². The van der Waals surface area contributed by atoms with Crippen LogP contribution >= 0.6 is 11.3 Å². The molecule has 160 valence electrons. The Kier molecular flexibility index (Phi) is 6.22. The van der Waals surface area contributed by atoms with Crippen molar-refractivity contribution in [3.8, 4) is 5.75 Å². The van der Waals surface area contributed by atoms with Crippen molar-refractivity contribution in [3.63, 3.8) is 0 Å². The Hall–Kier alpha value is -3.33. The van der Waals surface area contributed by atoms with E-state index in [9.17, 15) is 14.0 Å². The molecule has 1 atom stereocenters. The van der Waals surface area contributed by atoms with Crippen LogP contribution in [0.2, 0.25) is 0 Å². The summed E-state index contributed by atoms with van der Waals surface area (Å²) in [5.41, 5.74) is 1.22. The first-order valence-electron chi connectivity index (χ1n) is 9.86. The molecule has 1 N–H and O–H groups in total. The number of anilines is 1. The lowest BCUT2D eigenvalue weighted by Gasteiger charge is -2.22. The van der Waals surface area contributed by atoms with E-state index in [1.165, 1.54) is 18.2 Å². The quantitative estimate of drug-likeness (QED) is 0.630. The molecule has 3 aromatic rings. The van der Waals surface area contributed by atoms with Crippen LogP contribution < -0.4 is 10.1 Å². The third-order valence-corrected chi connectivity index (χ3v) is 6.09. The molecule has 0 spiro atoms. The molecular formula is C22H21FN4O3S. The van der Waals surface area contributed by atoms with Crippen molar-refractivity contribution in [2.75, 3.05) is 19.0 Å². The summed E-state index contributed by atoms with van der Waals surface area (Å²) in [6, 6.07) is 12.9. The Bertz CT molecular complexity index is 1100. The lowest BCUT2D eigenvalue weighted by Crippen LogP contribution is -2.31. The van der Waals surface area contributed by atoms with Crippen molar-refractivity contribution in [3.05, 3.63) is 69.9 Å². The van der Waals surface area contributed by atoms with E-state index in [-0.39, 0.29) is 23.4 Å². The smallest absolute Gasteiger partial charge is 0.286 e. The van der Waals surface area contributed by atoms with Gasteiger partial charge in [-0.2, -0.15) is 0 Å². The first-order chi connectivity index (χ1) is 15.0. The molecule has 2 amide bonds. The predicted molar refractivity (Wildman–Crippen MR) is 115 cm³/mol. The highest BCUT2D eigenvalue weighted by Crippen LogP contribution is 2.34. The summed E-state index contributed by atoms with van der Waals surface area (Å²) in [6.45, 7) is 0.637. The molecule has 31 heavy (non-hydrogen) atoms. The van der Waals surface area contributed by atoms with Crippen LogP contribution in [0.25, 0.3) is 0 Å². The van der Waals surface area contributed by atoms with E-state index in [1.54, 1.807) is 18.1 Å². The molecule has 4 rings (SSSR count). The van der Waals surface area contributed by atoms with Crippen molar-refractivity contribution < 1.29 is 18.7 Å². The van der Waals surface area contributed by atoms with Gasteiger partial charge in [-0.25, -0.2) is 4.39 Å². The maximum atomic E-state index is 13.3. The number of methoxy groups -OCH3 is 1. The van der Waals surface area contributed by atoms with E-state index in [2.05, 4.69) is 15.5 Å². The Morgan fingerprint density at radius 1 is 1.23 bits per heavy atom. The number of amides is 2. The second-order valence-corrected chi connectivity index (χ2v) is 8.19. The number of benzene rings is 2. The first kappa shape index (κ1) is 20.9. The lowest BCUT2D eigenvalue weighted by atomic mass is 10.1. The van der Waals surface area contributed by atoms with E-state index < -0.39 is 11.7 Å². The summed E-state index contributed by atoms with van der Waals surface area (Å²) in [4.78, 5) is 27.2. The molecule has 1 fully saturated rings. The van der Waals surface area contributed by atoms with Crippen molar-refractivity contribution in [1.82, 2.24) is 15.1 Å². The molecule has 1 aromatic heterocycles. The van der Waals surface area contributed by atoms with E-state index >= 15 is 0 Å². The molecule has 0 saturated carbocycles. The summed E-state index contributed by atoms with van der Waals surface area (Å²) in [5, 5.41) is 11.6.